The third kappa shape index (κ3) is 8.82. The molecule has 1 saturated carbocycles. The van der Waals surface area contributed by atoms with Crippen LogP contribution in [0.15, 0.2) is 48.5 Å². The van der Waals surface area contributed by atoms with E-state index < -0.39 is 41.0 Å². The summed E-state index contributed by atoms with van der Waals surface area (Å²) in [5, 5.41) is 0. The van der Waals surface area contributed by atoms with Crippen molar-refractivity contribution in [2.75, 3.05) is 13.7 Å². The van der Waals surface area contributed by atoms with Gasteiger partial charge < -0.3 is 23.8 Å². The molecule has 0 N–H and O–H groups in total. The van der Waals surface area contributed by atoms with Gasteiger partial charge in [-0.15, -0.1) is 0 Å². The van der Waals surface area contributed by atoms with Crippen molar-refractivity contribution in [1.82, 2.24) is 14.9 Å². The molecule has 1 aromatic heterocycles. The molecule has 3 aliphatic rings. The Balaban J connectivity index is 1.46. The van der Waals surface area contributed by atoms with Gasteiger partial charge in [-0.2, -0.15) is 0 Å². The van der Waals surface area contributed by atoms with Crippen molar-refractivity contribution in [2.45, 2.75) is 117 Å². The first kappa shape index (κ1) is 36.6. The highest BCUT2D eigenvalue weighted by atomic mass is 16.6. The zero-order chi connectivity index (χ0) is 36.5. The summed E-state index contributed by atoms with van der Waals surface area (Å²) in [6.07, 6.45) is 5.06. The first-order valence-corrected chi connectivity index (χ1v) is 18.5. The predicted molar refractivity (Wildman–Crippen MR) is 193 cm³/mol. The molecule has 3 heterocycles. The molecular weight excluding hydrogens is 646 g/mol. The quantitative estimate of drug-likeness (QED) is 0.268. The van der Waals surface area contributed by atoms with Crippen LogP contribution in [-0.2, 0) is 36.7 Å². The van der Waals surface area contributed by atoms with Gasteiger partial charge in [-0.3, -0.25) is 9.59 Å². The maximum atomic E-state index is 14.9. The monoisotopic (exact) mass is 699 g/mol. The number of aromatic nitrogens is 2. The Morgan fingerprint density at radius 3 is 2.39 bits per heavy atom. The van der Waals surface area contributed by atoms with E-state index in [1.807, 2.05) is 90.1 Å². The van der Waals surface area contributed by atoms with Gasteiger partial charge in [-0.25, -0.2) is 14.8 Å². The van der Waals surface area contributed by atoms with E-state index in [4.69, 9.17) is 28.9 Å². The number of nitrogens with zero attached hydrogens (tertiary/aromatic N) is 3. The van der Waals surface area contributed by atoms with E-state index in [0.29, 0.717) is 35.9 Å². The number of carbonyl (C=O) groups excluding carboxylic acids is 3. The normalized spacial score (nSPS) is 26.2. The van der Waals surface area contributed by atoms with Crippen LogP contribution in [0, 0.1) is 23.2 Å². The lowest BCUT2D eigenvalue weighted by molar-refractivity contribution is -0.167. The minimum absolute atomic E-state index is 0.0693. The molecule has 0 radical (unpaired) electrons. The summed E-state index contributed by atoms with van der Waals surface area (Å²) in [4.78, 5) is 54.2. The summed E-state index contributed by atoms with van der Waals surface area (Å²) in [7, 11) is 1.61. The fourth-order valence-electron chi connectivity index (χ4n) is 7.50. The summed E-state index contributed by atoms with van der Waals surface area (Å²) in [6, 6.07) is 14.6. The molecule has 1 amide bonds. The molecule has 3 aromatic rings. The molecule has 6 rings (SSSR count). The van der Waals surface area contributed by atoms with Gasteiger partial charge in [-0.05, 0) is 81.9 Å². The van der Waals surface area contributed by atoms with Crippen LogP contribution in [0.3, 0.4) is 0 Å². The molecule has 0 spiro atoms. The maximum absolute atomic E-state index is 14.9. The van der Waals surface area contributed by atoms with Crippen LogP contribution in [0.5, 0.6) is 11.6 Å². The average Bonchev–Trinajstić information content (AvgIpc) is 3.70. The second kappa shape index (κ2) is 14.8. The van der Waals surface area contributed by atoms with E-state index >= 15 is 0 Å². The first-order chi connectivity index (χ1) is 24.2. The molecule has 10 nitrogen and oxygen atoms in total. The Kier molecular flexibility index (Phi) is 10.6. The van der Waals surface area contributed by atoms with Crippen molar-refractivity contribution in [3.63, 3.8) is 0 Å². The van der Waals surface area contributed by atoms with Gasteiger partial charge in [0.25, 0.3) is 0 Å². The van der Waals surface area contributed by atoms with Crippen molar-refractivity contribution < 1.29 is 33.3 Å². The van der Waals surface area contributed by atoms with E-state index in [1.165, 1.54) is 0 Å². The predicted octanol–water partition coefficient (Wildman–Crippen LogP) is 6.90. The van der Waals surface area contributed by atoms with Crippen LogP contribution in [0.1, 0.15) is 91.3 Å². The Labute approximate surface area is 301 Å². The number of esters is 2. The van der Waals surface area contributed by atoms with Crippen molar-refractivity contribution in [3.8, 4) is 11.6 Å². The topological polar surface area (TPSA) is 117 Å². The minimum Gasteiger partial charge on any atom is -0.497 e. The van der Waals surface area contributed by atoms with Crippen molar-refractivity contribution in [2.24, 2.45) is 23.2 Å². The lowest BCUT2D eigenvalue weighted by Gasteiger charge is -2.35. The van der Waals surface area contributed by atoms with E-state index in [0.717, 1.165) is 48.9 Å². The number of hydrogen-bond acceptors (Lipinski definition) is 9. The third-order valence-corrected chi connectivity index (χ3v) is 10.4. The second-order valence-electron chi connectivity index (χ2n) is 16.6. The third-order valence-electron chi connectivity index (χ3n) is 10.4. The van der Waals surface area contributed by atoms with E-state index in [-0.39, 0.29) is 30.9 Å². The molecule has 51 heavy (non-hydrogen) atoms. The van der Waals surface area contributed by atoms with Gasteiger partial charge in [-0.1, -0.05) is 63.9 Å². The number of methoxy groups -OCH3 is 1. The molecule has 1 aliphatic carbocycles. The molecule has 2 fully saturated rings. The highest BCUT2D eigenvalue weighted by molar-refractivity contribution is 5.90. The lowest BCUT2D eigenvalue weighted by Crippen LogP contribution is -2.50. The highest BCUT2D eigenvalue weighted by Crippen LogP contribution is 2.41. The van der Waals surface area contributed by atoms with Crippen LogP contribution in [0.25, 0.3) is 11.0 Å². The number of benzene rings is 2. The van der Waals surface area contributed by atoms with E-state index in [9.17, 15) is 14.4 Å². The number of rotatable bonds is 4. The smallest absolute Gasteiger partial charge is 0.329 e. The second-order valence-corrected chi connectivity index (χ2v) is 16.6. The summed E-state index contributed by atoms with van der Waals surface area (Å²) < 4.78 is 24.4. The Hall–Kier alpha value is -4.21. The number of hydrogen-bond donors (Lipinski definition) is 0. The van der Waals surface area contributed by atoms with Gasteiger partial charge in [0.15, 0.2) is 0 Å². The van der Waals surface area contributed by atoms with Gasteiger partial charge in [0, 0.05) is 12.0 Å². The number of fused-ring (bicyclic) bond motifs is 5. The average molecular weight is 700 g/mol. The van der Waals surface area contributed by atoms with E-state index in [2.05, 4.69) is 0 Å². The molecule has 10 heteroatoms. The molecule has 0 unspecified atom stereocenters. The molecule has 1 saturated heterocycles. The van der Waals surface area contributed by atoms with Crippen LogP contribution >= 0.6 is 0 Å². The SMILES string of the molecule is COc1ccc2nc3c(nc2c1)O[C@H]1CN(C(=O)[C@H](C(C)(C)C)CC(=O)O[C@@H]2C[C@H]2CCCCC3)[C@H](C(=O)OC(C)(C)C)[C@@H]1Cc1ccccc1. The molecular formula is C41H53N3O7. The zero-order valence-electron chi connectivity index (χ0n) is 31.1. The van der Waals surface area contributed by atoms with Crippen LogP contribution in [0.4, 0.5) is 0 Å². The summed E-state index contributed by atoms with van der Waals surface area (Å²) in [5.41, 5.74) is 1.74. The fraction of sp³-hybridized carbons (Fsp3) is 0.585. The van der Waals surface area contributed by atoms with Crippen molar-refractivity contribution in [1.29, 1.82) is 0 Å². The van der Waals surface area contributed by atoms with Gasteiger partial charge in [0.2, 0.25) is 11.8 Å². The molecule has 2 aromatic carbocycles. The first-order valence-electron chi connectivity index (χ1n) is 18.5. The highest BCUT2D eigenvalue weighted by Gasteiger charge is 2.53. The van der Waals surface area contributed by atoms with Crippen LogP contribution in [0.2, 0.25) is 0 Å². The van der Waals surface area contributed by atoms with E-state index in [1.54, 1.807) is 12.0 Å². The Bertz CT molecular complexity index is 1730. The standard InChI is InChI=1S/C41H53N3O7/c1-40(2,3)29-23-35(45)49-33-21-26(33)16-12-9-13-17-31-37(43-32-22-27(48-7)18-19-30(32)42-31)50-34-24-44(38(29)46)36(39(47)51-41(4,5)6)28(34)20-25-14-10-8-11-15-25/h8,10-11,14-15,18-19,22,26,28-29,33-34,36H,9,12-13,16-17,20-21,23-24H2,1-7H3/t26-,28-,29-,33-,34+,36+/m1/s1. The fourth-order valence-corrected chi connectivity index (χ4v) is 7.50. The molecule has 2 aliphatic heterocycles. The molecule has 2 bridgehead atoms. The number of amides is 1. The maximum Gasteiger partial charge on any atom is 0.329 e. The van der Waals surface area contributed by atoms with Crippen LogP contribution < -0.4 is 9.47 Å². The summed E-state index contributed by atoms with van der Waals surface area (Å²) in [5.74, 6) is -0.969. The van der Waals surface area contributed by atoms with Crippen molar-refractivity contribution >= 4 is 28.9 Å². The number of carbonyl (C=O) groups is 3. The number of aryl methyl sites for hydroxylation is 1. The lowest BCUT2D eigenvalue weighted by atomic mass is 9.77. The van der Waals surface area contributed by atoms with Gasteiger partial charge in [0.05, 0.1) is 37.0 Å². The van der Waals surface area contributed by atoms with Crippen molar-refractivity contribution in [3.05, 3.63) is 59.8 Å². The summed E-state index contributed by atoms with van der Waals surface area (Å²) in [6.45, 7) is 11.4. The zero-order valence-corrected chi connectivity index (χ0v) is 31.1. The minimum atomic E-state index is -0.963. The largest absolute Gasteiger partial charge is 0.497 e. The Morgan fingerprint density at radius 1 is 0.922 bits per heavy atom. The van der Waals surface area contributed by atoms with Gasteiger partial charge in [0.1, 0.15) is 35.3 Å². The summed E-state index contributed by atoms with van der Waals surface area (Å²) >= 11 is 0. The van der Waals surface area contributed by atoms with Crippen LogP contribution in [-0.4, -0.2) is 70.2 Å². The molecule has 274 valence electrons. The van der Waals surface area contributed by atoms with Gasteiger partial charge >= 0.3 is 11.9 Å². The Morgan fingerprint density at radius 2 is 1.69 bits per heavy atom. The molecule has 6 atom stereocenters. The number of ether oxygens (including phenoxy) is 4.